The molecule has 4 aliphatic heterocycles. The lowest BCUT2D eigenvalue weighted by Crippen LogP contribution is -2.70. The number of hydrogen-bond acceptors (Lipinski definition) is 7. The predicted octanol–water partition coefficient (Wildman–Crippen LogP) is 2.45. The van der Waals surface area contributed by atoms with Gasteiger partial charge in [0.2, 0.25) is 0 Å². The summed E-state index contributed by atoms with van der Waals surface area (Å²) in [7, 11) is 4.19. The lowest BCUT2D eigenvalue weighted by Gasteiger charge is -2.59. The second kappa shape index (κ2) is 7.72. The van der Waals surface area contributed by atoms with Crippen molar-refractivity contribution in [1.29, 1.82) is 0 Å². The predicted molar refractivity (Wildman–Crippen MR) is 122 cm³/mol. The van der Waals surface area contributed by atoms with Crippen molar-refractivity contribution in [3.05, 3.63) is 53.7 Å². The van der Waals surface area contributed by atoms with Crippen molar-refractivity contribution >= 4 is 6.21 Å². The van der Waals surface area contributed by atoms with E-state index in [9.17, 15) is 4.39 Å². The minimum atomic E-state index is -0.338. The largest absolute Gasteiger partial charge is 0.381 e. The maximum absolute atomic E-state index is 14.7. The third-order valence-corrected chi connectivity index (χ3v) is 7.68. The second-order valence-corrected chi connectivity index (χ2v) is 9.93. The summed E-state index contributed by atoms with van der Waals surface area (Å²) in [6.45, 7) is 5.30. The Morgan fingerprint density at radius 1 is 1.18 bits per heavy atom. The van der Waals surface area contributed by atoms with Gasteiger partial charge in [-0.1, -0.05) is 12.1 Å². The summed E-state index contributed by atoms with van der Waals surface area (Å²) in [5, 5.41) is 8.29. The Morgan fingerprint density at radius 3 is 2.79 bits per heavy atom. The van der Waals surface area contributed by atoms with Gasteiger partial charge in [0.25, 0.3) is 0 Å². The van der Waals surface area contributed by atoms with Crippen molar-refractivity contribution in [3.8, 4) is 5.69 Å². The van der Waals surface area contributed by atoms with Crippen LogP contribution in [0.15, 0.2) is 47.4 Å². The van der Waals surface area contributed by atoms with Gasteiger partial charge in [0, 0.05) is 63.7 Å². The van der Waals surface area contributed by atoms with Crippen LogP contribution in [-0.4, -0.2) is 87.6 Å². The number of allylic oxidation sites excluding steroid dienone is 1. The minimum Gasteiger partial charge on any atom is -0.381 e. The molecule has 1 aromatic heterocycles. The summed E-state index contributed by atoms with van der Waals surface area (Å²) in [4.78, 5) is 13.4. The molecule has 0 amide bonds. The van der Waals surface area contributed by atoms with E-state index in [-0.39, 0.29) is 23.8 Å². The van der Waals surface area contributed by atoms with Gasteiger partial charge in [-0.2, -0.15) is 10.2 Å². The summed E-state index contributed by atoms with van der Waals surface area (Å²) >= 11 is 0. The highest BCUT2D eigenvalue weighted by atomic mass is 19.1. The molecule has 0 saturated carbocycles. The zero-order chi connectivity index (χ0) is 22.7. The van der Waals surface area contributed by atoms with Gasteiger partial charge < -0.3 is 9.64 Å². The van der Waals surface area contributed by atoms with Crippen molar-refractivity contribution in [2.45, 2.75) is 43.8 Å². The maximum atomic E-state index is 14.7. The molecule has 2 aromatic rings. The Labute approximate surface area is 193 Å². The summed E-state index contributed by atoms with van der Waals surface area (Å²) in [6, 6.07) is 5.56. The quantitative estimate of drug-likeness (QED) is 0.651. The summed E-state index contributed by atoms with van der Waals surface area (Å²) < 4.78 is 20.8. The number of aromatic nitrogens is 3. The van der Waals surface area contributed by atoms with E-state index in [1.54, 1.807) is 18.5 Å². The second-order valence-electron chi connectivity index (χ2n) is 9.93. The van der Waals surface area contributed by atoms with E-state index in [0.29, 0.717) is 17.6 Å². The topological polar surface area (TPSA) is 65.3 Å². The van der Waals surface area contributed by atoms with Crippen molar-refractivity contribution in [2.24, 2.45) is 10.9 Å². The van der Waals surface area contributed by atoms with Crippen LogP contribution < -0.4 is 0 Å². The van der Waals surface area contributed by atoms with Gasteiger partial charge in [-0.15, -0.1) is 4.80 Å². The lowest BCUT2D eigenvalue weighted by atomic mass is 9.78. The van der Waals surface area contributed by atoms with Crippen molar-refractivity contribution in [3.63, 3.8) is 0 Å². The number of piperidine rings is 1. The van der Waals surface area contributed by atoms with E-state index >= 15 is 0 Å². The summed E-state index contributed by atoms with van der Waals surface area (Å²) in [6.07, 6.45) is 9.06. The van der Waals surface area contributed by atoms with Gasteiger partial charge in [0.15, 0.2) is 5.82 Å². The molecule has 3 fully saturated rings. The molecule has 9 heteroatoms. The Bertz CT molecular complexity index is 1100. The fraction of sp³-hybridized carbons (Fsp3) is 0.542. The molecule has 174 valence electrons. The van der Waals surface area contributed by atoms with E-state index in [4.69, 9.17) is 9.73 Å². The first kappa shape index (κ1) is 20.9. The number of fused-ring (bicyclic) bond motifs is 1. The third kappa shape index (κ3) is 3.50. The molecule has 0 aliphatic carbocycles. The molecular weight excluding hydrogens is 421 g/mol. The van der Waals surface area contributed by atoms with Crippen LogP contribution in [0.3, 0.4) is 0 Å². The van der Waals surface area contributed by atoms with Gasteiger partial charge in [-0.05, 0) is 31.4 Å². The molecule has 5 heterocycles. The molecule has 1 aromatic carbocycles. The number of nitrogens with zero attached hydrogens (tertiary/aromatic N) is 7. The van der Waals surface area contributed by atoms with Crippen LogP contribution in [-0.2, 0) is 4.74 Å². The Hall–Kier alpha value is -2.62. The Balaban J connectivity index is 1.17. The number of rotatable bonds is 5. The van der Waals surface area contributed by atoms with Gasteiger partial charge in [0.1, 0.15) is 23.7 Å². The van der Waals surface area contributed by atoms with E-state index in [1.807, 2.05) is 12.3 Å². The number of likely N-dealkylation sites (tertiary alicyclic amines) is 2. The van der Waals surface area contributed by atoms with Crippen LogP contribution in [0.4, 0.5) is 4.39 Å². The van der Waals surface area contributed by atoms with Crippen LogP contribution in [0, 0.1) is 11.7 Å². The first-order valence-corrected chi connectivity index (χ1v) is 11.7. The minimum absolute atomic E-state index is 0.0376. The van der Waals surface area contributed by atoms with Crippen LogP contribution in [0.25, 0.3) is 5.69 Å². The molecule has 8 nitrogen and oxygen atoms in total. The zero-order valence-corrected chi connectivity index (χ0v) is 19.3. The van der Waals surface area contributed by atoms with Crippen molar-refractivity contribution in [1.82, 2.24) is 29.7 Å². The van der Waals surface area contributed by atoms with Crippen molar-refractivity contribution < 1.29 is 9.13 Å². The van der Waals surface area contributed by atoms with Gasteiger partial charge in [-0.25, -0.2) is 4.39 Å². The molecule has 6 rings (SSSR count). The third-order valence-electron chi connectivity index (χ3n) is 7.68. The molecule has 0 bridgehead atoms. The van der Waals surface area contributed by atoms with Crippen LogP contribution in [0.1, 0.15) is 31.4 Å². The molecule has 0 N–H and O–H groups in total. The fourth-order valence-electron chi connectivity index (χ4n) is 5.73. The molecule has 33 heavy (non-hydrogen) atoms. The van der Waals surface area contributed by atoms with Crippen LogP contribution in [0.2, 0.25) is 0 Å². The molecule has 3 unspecified atom stereocenters. The molecule has 0 radical (unpaired) electrons. The van der Waals surface area contributed by atoms with Gasteiger partial charge in [-0.3, -0.25) is 14.8 Å². The number of para-hydroxylation sites is 1. The Kier molecular flexibility index (Phi) is 4.90. The van der Waals surface area contributed by atoms with Crippen molar-refractivity contribution in [2.75, 3.05) is 33.7 Å². The SMILES string of the molecule is CN(C)C1=CC=NC(C)(N2C[C@@H]3CCN(C4OC4c4cccc(F)c4-n4nccn4)C[C@@H]32)C1. The first-order valence-electron chi connectivity index (χ1n) is 11.7. The van der Waals surface area contributed by atoms with Crippen LogP contribution >= 0.6 is 0 Å². The number of halogens is 1. The standard InChI is InChI=1S/C24H30FN7O/c1-24(13-17(29(2)3)7-9-26-24)31-14-16-8-12-30(15-20(16)31)23-22(33-23)18-5-4-6-19(25)21(18)32-27-10-11-28-32/h4-7,9-11,16,20,22-23H,8,12-15H2,1-3H3/t16-,20-,22?,23?,24?/m0/s1. The number of benzene rings is 1. The fourth-order valence-corrected chi connectivity index (χ4v) is 5.73. The zero-order valence-electron chi connectivity index (χ0n) is 19.3. The van der Waals surface area contributed by atoms with Gasteiger partial charge >= 0.3 is 0 Å². The number of hydrogen-bond donors (Lipinski definition) is 0. The van der Waals surface area contributed by atoms with E-state index in [2.05, 4.69) is 52.0 Å². The molecule has 3 saturated heterocycles. The number of aliphatic imine (C=N–C) groups is 1. The average Bonchev–Trinajstić information content (AvgIpc) is 3.38. The average molecular weight is 452 g/mol. The lowest BCUT2D eigenvalue weighted by molar-refractivity contribution is -0.110. The van der Waals surface area contributed by atoms with Crippen LogP contribution in [0.5, 0.6) is 0 Å². The number of epoxide rings is 1. The molecular formula is C24H30FN7O. The molecule has 0 spiro atoms. The monoisotopic (exact) mass is 451 g/mol. The Morgan fingerprint density at radius 2 is 2.00 bits per heavy atom. The van der Waals surface area contributed by atoms with E-state index in [1.165, 1.54) is 16.6 Å². The highest BCUT2D eigenvalue weighted by Crippen LogP contribution is 2.48. The normalized spacial score (nSPS) is 33.9. The van der Waals surface area contributed by atoms with Gasteiger partial charge in [0.05, 0.1) is 12.4 Å². The highest BCUT2D eigenvalue weighted by molar-refractivity contribution is 5.73. The summed E-state index contributed by atoms with van der Waals surface area (Å²) in [5.41, 5.74) is 2.28. The molecule has 4 aliphatic rings. The van der Waals surface area contributed by atoms with E-state index in [0.717, 1.165) is 38.0 Å². The number of dihydropyridines is 1. The summed E-state index contributed by atoms with van der Waals surface area (Å²) in [5.74, 6) is 0.367. The number of ether oxygens (including phenoxy) is 1. The molecule has 5 atom stereocenters. The maximum Gasteiger partial charge on any atom is 0.151 e. The van der Waals surface area contributed by atoms with E-state index < -0.39 is 0 Å². The highest BCUT2D eigenvalue weighted by Gasteiger charge is 2.55. The smallest absolute Gasteiger partial charge is 0.151 e. The first-order chi connectivity index (χ1) is 15.9.